The average Bonchev–Trinajstić information content (AvgIpc) is 2.48. The predicted octanol–water partition coefficient (Wildman–Crippen LogP) is 4.45. The lowest BCUT2D eigenvalue weighted by atomic mass is 10.1. The molecule has 0 radical (unpaired) electrons. The van der Waals surface area contributed by atoms with Gasteiger partial charge in [-0.2, -0.15) is 0 Å². The molecule has 0 saturated heterocycles. The summed E-state index contributed by atoms with van der Waals surface area (Å²) in [5.41, 5.74) is 2.18. The van der Waals surface area contributed by atoms with E-state index in [1.54, 1.807) is 36.5 Å². The molecule has 2 rings (SSSR count). The molecule has 116 valence electrons. The van der Waals surface area contributed by atoms with Gasteiger partial charge in [0.15, 0.2) is 0 Å². The summed E-state index contributed by atoms with van der Waals surface area (Å²) in [5, 5.41) is 1.15. The van der Waals surface area contributed by atoms with Crippen molar-refractivity contribution in [2.75, 3.05) is 12.8 Å². The summed E-state index contributed by atoms with van der Waals surface area (Å²) in [6, 6.07) is 7.21. The molecular weight excluding hydrogens is 339 g/mol. The van der Waals surface area contributed by atoms with Crippen molar-refractivity contribution in [2.24, 2.45) is 0 Å². The van der Waals surface area contributed by atoms with Gasteiger partial charge in [-0.3, -0.25) is 9.78 Å². The lowest BCUT2D eigenvalue weighted by molar-refractivity contribution is -0.127. The first kappa shape index (κ1) is 17.1. The molecule has 1 aromatic carbocycles. The van der Waals surface area contributed by atoms with Gasteiger partial charge >= 0.3 is 0 Å². The van der Waals surface area contributed by atoms with Gasteiger partial charge < -0.3 is 4.90 Å². The molecule has 0 aliphatic heterocycles. The maximum Gasteiger partial charge on any atom is 0.232 e. The Bertz CT molecular complexity index is 679. The molecule has 0 atom stereocenters. The molecule has 0 spiro atoms. The maximum absolute atomic E-state index is 12.2. The molecule has 0 aliphatic carbocycles. The van der Waals surface area contributed by atoms with Crippen LogP contribution in [0.15, 0.2) is 41.6 Å². The average molecular weight is 355 g/mol. The third-order valence-corrected chi connectivity index (χ3v) is 4.94. The van der Waals surface area contributed by atoms with Gasteiger partial charge in [0.25, 0.3) is 0 Å². The molecule has 0 saturated carbocycles. The monoisotopic (exact) mass is 354 g/mol. The van der Waals surface area contributed by atoms with Crippen molar-refractivity contribution in [3.8, 4) is 0 Å². The van der Waals surface area contributed by atoms with Crippen LogP contribution in [0.25, 0.3) is 0 Å². The van der Waals surface area contributed by atoms with E-state index in [0.717, 1.165) is 16.0 Å². The highest BCUT2D eigenvalue weighted by Crippen LogP contribution is 2.29. The van der Waals surface area contributed by atoms with Gasteiger partial charge in [0, 0.05) is 35.9 Å². The van der Waals surface area contributed by atoms with Gasteiger partial charge in [-0.1, -0.05) is 23.2 Å². The van der Waals surface area contributed by atoms with Gasteiger partial charge in [-0.25, -0.2) is 0 Å². The molecule has 6 heteroatoms. The minimum Gasteiger partial charge on any atom is -0.341 e. The SMILES string of the molecule is Cc1ccncc1CN(C)C(=O)CSc1ccc(Cl)cc1Cl. The third kappa shape index (κ3) is 4.63. The molecule has 0 N–H and O–H groups in total. The van der Waals surface area contributed by atoms with E-state index in [1.807, 2.05) is 19.1 Å². The summed E-state index contributed by atoms with van der Waals surface area (Å²) in [7, 11) is 1.79. The van der Waals surface area contributed by atoms with E-state index in [2.05, 4.69) is 4.98 Å². The Labute approximate surface area is 144 Å². The van der Waals surface area contributed by atoms with Crippen LogP contribution in [0, 0.1) is 6.92 Å². The number of nitrogens with zero attached hydrogens (tertiary/aromatic N) is 2. The minimum atomic E-state index is 0.0410. The van der Waals surface area contributed by atoms with Crippen molar-refractivity contribution >= 4 is 40.9 Å². The van der Waals surface area contributed by atoms with Gasteiger partial charge in [-0.05, 0) is 42.3 Å². The Hall–Kier alpha value is -1.23. The third-order valence-electron chi connectivity index (χ3n) is 3.23. The first-order valence-electron chi connectivity index (χ1n) is 6.68. The molecule has 1 heterocycles. The Kier molecular flexibility index (Phi) is 6.12. The summed E-state index contributed by atoms with van der Waals surface area (Å²) in [4.78, 5) is 18.9. The predicted molar refractivity (Wildman–Crippen MR) is 92.6 cm³/mol. The topological polar surface area (TPSA) is 33.2 Å². The van der Waals surface area contributed by atoms with Gasteiger partial charge in [0.2, 0.25) is 5.91 Å². The van der Waals surface area contributed by atoms with E-state index < -0.39 is 0 Å². The largest absolute Gasteiger partial charge is 0.341 e. The van der Waals surface area contributed by atoms with Crippen LogP contribution >= 0.6 is 35.0 Å². The van der Waals surface area contributed by atoms with Gasteiger partial charge in [0.05, 0.1) is 10.8 Å². The first-order chi connectivity index (χ1) is 10.5. The second kappa shape index (κ2) is 7.86. The molecule has 1 amide bonds. The number of aromatic nitrogens is 1. The van der Waals surface area contributed by atoms with Crippen LogP contribution < -0.4 is 0 Å². The fourth-order valence-electron chi connectivity index (χ4n) is 1.85. The van der Waals surface area contributed by atoms with Crippen LogP contribution in [-0.4, -0.2) is 28.6 Å². The second-order valence-corrected chi connectivity index (χ2v) is 6.78. The number of hydrogen-bond acceptors (Lipinski definition) is 3. The van der Waals surface area contributed by atoms with Crippen molar-refractivity contribution in [2.45, 2.75) is 18.4 Å². The number of amides is 1. The van der Waals surface area contributed by atoms with Crippen molar-refractivity contribution in [1.29, 1.82) is 0 Å². The van der Waals surface area contributed by atoms with Crippen molar-refractivity contribution in [3.63, 3.8) is 0 Å². The zero-order valence-corrected chi connectivity index (χ0v) is 14.7. The number of rotatable bonds is 5. The normalized spacial score (nSPS) is 10.5. The number of carbonyl (C=O) groups excluding carboxylic acids is 1. The fourth-order valence-corrected chi connectivity index (χ4v) is 3.28. The number of hydrogen-bond donors (Lipinski definition) is 0. The highest BCUT2D eigenvalue weighted by atomic mass is 35.5. The summed E-state index contributed by atoms with van der Waals surface area (Å²) in [5.74, 6) is 0.372. The number of carbonyl (C=O) groups is 1. The van der Waals surface area contributed by atoms with E-state index in [-0.39, 0.29) is 5.91 Å². The molecule has 0 unspecified atom stereocenters. The summed E-state index contributed by atoms with van der Waals surface area (Å²) in [6.07, 6.45) is 3.54. The summed E-state index contributed by atoms with van der Waals surface area (Å²) >= 11 is 13.4. The molecule has 0 fully saturated rings. The lowest BCUT2D eigenvalue weighted by Crippen LogP contribution is -2.28. The van der Waals surface area contributed by atoms with Crippen LogP contribution in [0.1, 0.15) is 11.1 Å². The van der Waals surface area contributed by atoms with Crippen molar-refractivity contribution < 1.29 is 4.79 Å². The molecule has 0 aliphatic rings. The number of halogens is 2. The second-order valence-electron chi connectivity index (χ2n) is 4.92. The van der Waals surface area contributed by atoms with Gasteiger partial charge in [0.1, 0.15) is 0 Å². The summed E-state index contributed by atoms with van der Waals surface area (Å²) < 4.78 is 0. The molecule has 2 aromatic rings. The quantitative estimate of drug-likeness (QED) is 0.743. The van der Waals surface area contributed by atoms with E-state index in [9.17, 15) is 4.79 Å². The van der Waals surface area contributed by atoms with Crippen molar-refractivity contribution in [1.82, 2.24) is 9.88 Å². The van der Waals surface area contributed by atoms with E-state index in [0.29, 0.717) is 22.3 Å². The van der Waals surface area contributed by atoms with Gasteiger partial charge in [-0.15, -0.1) is 11.8 Å². The molecular formula is C16H16Cl2N2OS. The standard InChI is InChI=1S/C16H16Cl2N2OS/c1-11-5-6-19-8-12(11)9-20(2)16(21)10-22-15-4-3-13(17)7-14(15)18/h3-8H,9-10H2,1-2H3. The lowest BCUT2D eigenvalue weighted by Gasteiger charge is -2.18. The fraction of sp³-hybridized carbons (Fsp3) is 0.250. The molecule has 3 nitrogen and oxygen atoms in total. The van der Waals surface area contributed by atoms with Crippen LogP contribution in [0.4, 0.5) is 0 Å². The smallest absolute Gasteiger partial charge is 0.232 e. The Morgan fingerprint density at radius 2 is 2.09 bits per heavy atom. The van der Waals surface area contributed by atoms with E-state index in [4.69, 9.17) is 23.2 Å². The minimum absolute atomic E-state index is 0.0410. The Balaban J connectivity index is 1.93. The number of pyridine rings is 1. The Morgan fingerprint density at radius 3 is 2.77 bits per heavy atom. The molecule has 0 bridgehead atoms. The van der Waals surface area contributed by atoms with Crippen LogP contribution in [0.5, 0.6) is 0 Å². The first-order valence-corrected chi connectivity index (χ1v) is 8.43. The zero-order chi connectivity index (χ0) is 16.1. The maximum atomic E-state index is 12.2. The number of aryl methyl sites for hydroxylation is 1. The molecule has 1 aromatic heterocycles. The highest BCUT2D eigenvalue weighted by Gasteiger charge is 2.12. The summed E-state index contributed by atoms with van der Waals surface area (Å²) in [6.45, 7) is 2.56. The zero-order valence-electron chi connectivity index (χ0n) is 12.3. The Morgan fingerprint density at radius 1 is 1.32 bits per heavy atom. The number of thioether (sulfide) groups is 1. The van der Waals surface area contributed by atoms with E-state index in [1.165, 1.54) is 11.8 Å². The molecule has 22 heavy (non-hydrogen) atoms. The van der Waals surface area contributed by atoms with Crippen LogP contribution in [-0.2, 0) is 11.3 Å². The van der Waals surface area contributed by atoms with Crippen LogP contribution in [0.3, 0.4) is 0 Å². The highest BCUT2D eigenvalue weighted by molar-refractivity contribution is 8.00. The van der Waals surface area contributed by atoms with Crippen LogP contribution in [0.2, 0.25) is 10.0 Å². The van der Waals surface area contributed by atoms with E-state index >= 15 is 0 Å². The number of benzene rings is 1. The van der Waals surface area contributed by atoms with Crippen molar-refractivity contribution in [3.05, 3.63) is 57.8 Å².